The Morgan fingerprint density at radius 1 is 1.50 bits per heavy atom. The van der Waals surface area contributed by atoms with Crippen LogP contribution >= 0.6 is 0 Å². The van der Waals surface area contributed by atoms with Crippen LogP contribution in [0.25, 0.3) is 0 Å². The minimum atomic E-state index is -0.138. The van der Waals surface area contributed by atoms with E-state index >= 15 is 0 Å². The molecule has 0 saturated carbocycles. The molecule has 0 spiro atoms. The highest BCUT2D eigenvalue weighted by Gasteiger charge is 1.95. The lowest BCUT2D eigenvalue weighted by Gasteiger charge is -2.07. The van der Waals surface area contributed by atoms with Crippen molar-refractivity contribution in [3.8, 4) is 0 Å². The van der Waals surface area contributed by atoms with Gasteiger partial charge in [0.05, 0.1) is 12.4 Å². The van der Waals surface area contributed by atoms with Gasteiger partial charge in [-0.2, -0.15) is 0 Å². The Morgan fingerprint density at radius 3 is 3.00 bits per heavy atom. The van der Waals surface area contributed by atoms with Crippen LogP contribution in [0.5, 0.6) is 0 Å². The lowest BCUT2D eigenvalue weighted by atomic mass is 10.3. The van der Waals surface area contributed by atoms with Crippen molar-refractivity contribution in [1.82, 2.24) is 9.97 Å². The van der Waals surface area contributed by atoms with E-state index in [4.69, 9.17) is 4.74 Å². The van der Waals surface area contributed by atoms with Crippen molar-refractivity contribution in [3.63, 3.8) is 0 Å². The standard InChI is InChI=1S/C11H19N3O2/c1-9(2)16-6-4-3-5-12-10-7-11(15)14-8-13-10/h7-9H,3-6H2,1-2H3,(H2,12,13,14,15). The number of nitrogens with zero attached hydrogens (tertiary/aromatic N) is 1. The van der Waals surface area contributed by atoms with Gasteiger partial charge in [0.2, 0.25) is 0 Å². The lowest BCUT2D eigenvalue weighted by Crippen LogP contribution is -2.11. The summed E-state index contributed by atoms with van der Waals surface area (Å²) >= 11 is 0. The number of hydrogen-bond acceptors (Lipinski definition) is 4. The van der Waals surface area contributed by atoms with E-state index in [-0.39, 0.29) is 5.56 Å². The third-order valence-corrected chi connectivity index (χ3v) is 2.01. The van der Waals surface area contributed by atoms with E-state index in [1.165, 1.54) is 12.4 Å². The van der Waals surface area contributed by atoms with E-state index in [1.807, 2.05) is 13.8 Å². The van der Waals surface area contributed by atoms with Gasteiger partial charge in [0.25, 0.3) is 5.56 Å². The number of hydrogen-bond donors (Lipinski definition) is 2. The Hall–Kier alpha value is -1.36. The van der Waals surface area contributed by atoms with E-state index in [0.29, 0.717) is 11.9 Å². The molecule has 0 saturated heterocycles. The summed E-state index contributed by atoms with van der Waals surface area (Å²) in [6.45, 7) is 5.64. The van der Waals surface area contributed by atoms with Gasteiger partial charge in [0.15, 0.2) is 0 Å². The van der Waals surface area contributed by atoms with Gasteiger partial charge in [-0.05, 0) is 26.7 Å². The molecule has 0 atom stereocenters. The Morgan fingerprint density at radius 2 is 2.31 bits per heavy atom. The first-order valence-electron chi connectivity index (χ1n) is 5.58. The van der Waals surface area contributed by atoms with Crippen molar-refractivity contribution >= 4 is 5.82 Å². The van der Waals surface area contributed by atoms with Crippen LogP contribution in [-0.4, -0.2) is 29.2 Å². The molecular formula is C11H19N3O2. The summed E-state index contributed by atoms with van der Waals surface area (Å²) in [4.78, 5) is 17.4. The average molecular weight is 225 g/mol. The van der Waals surface area contributed by atoms with E-state index < -0.39 is 0 Å². The fourth-order valence-electron chi connectivity index (χ4n) is 1.23. The molecule has 0 fully saturated rings. The van der Waals surface area contributed by atoms with Gasteiger partial charge in [0.1, 0.15) is 5.82 Å². The highest BCUT2D eigenvalue weighted by molar-refractivity contribution is 5.31. The van der Waals surface area contributed by atoms with Crippen molar-refractivity contribution in [2.45, 2.75) is 32.8 Å². The molecule has 0 radical (unpaired) electrons. The number of ether oxygens (including phenoxy) is 1. The highest BCUT2D eigenvalue weighted by atomic mass is 16.5. The summed E-state index contributed by atoms with van der Waals surface area (Å²) in [5.41, 5.74) is -0.138. The van der Waals surface area contributed by atoms with Crippen LogP contribution in [0.3, 0.4) is 0 Å². The van der Waals surface area contributed by atoms with Gasteiger partial charge in [0, 0.05) is 19.2 Å². The first-order chi connectivity index (χ1) is 7.68. The molecular weight excluding hydrogens is 206 g/mol. The predicted molar refractivity (Wildman–Crippen MR) is 63.7 cm³/mol. The number of rotatable bonds is 7. The molecule has 90 valence electrons. The second-order valence-electron chi connectivity index (χ2n) is 3.85. The Labute approximate surface area is 95.3 Å². The molecule has 1 heterocycles. The van der Waals surface area contributed by atoms with E-state index in [2.05, 4.69) is 15.3 Å². The lowest BCUT2D eigenvalue weighted by molar-refractivity contribution is 0.0765. The average Bonchev–Trinajstić information content (AvgIpc) is 2.23. The molecule has 1 rings (SSSR count). The van der Waals surface area contributed by atoms with Crippen molar-refractivity contribution in [2.75, 3.05) is 18.5 Å². The van der Waals surface area contributed by atoms with Crippen molar-refractivity contribution in [1.29, 1.82) is 0 Å². The highest BCUT2D eigenvalue weighted by Crippen LogP contribution is 1.98. The van der Waals surface area contributed by atoms with Gasteiger partial charge in [-0.3, -0.25) is 4.79 Å². The summed E-state index contributed by atoms with van der Waals surface area (Å²) in [5.74, 6) is 0.619. The fraction of sp³-hybridized carbons (Fsp3) is 0.636. The largest absolute Gasteiger partial charge is 0.379 e. The number of unbranched alkanes of at least 4 members (excludes halogenated alkanes) is 1. The first kappa shape index (κ1) is 12.7. The van der Waals surface area contributed by atoms with Crippen LogP contribution in [0.2, 0.25) is 0 Å². The maximum atomic E-state index is 10.9. The van der Waals surface area contributed by atoms with Gasteiger partial charge in [-0.15, -0.1) is 0 Å². The van der Waals surface area contributed by atoms with E-state index in [0.717, 1.165) is 26.0 Å². The third-order valence-electron chi connectivity index (χ3n) is 2.01. The number of H-pyrrole nitrogens is 1. The summed E-state index contributed by atoms with van der Waals surface area (Å²) in [5, 5.41) is 3.09. The summed E-state index contributed by atoms with van der Waals surface area (Å²) in [6, 6.07) is 1.45. The molecule has 1 aromatic rings. The third kappa shape index (κ3) is 5.50. The second-order valence-corrected chi connectivity index (χ2v) is 3.85. The summed E-state index contributed by atoms with van der Waals surface area (Å²) < 4.78 is 5.41. The quantitative estimate of drug-likeness (QED) is 0.688. The monoisotopic (exact) mass is 225 g/mol. The minimum Gasteiger partial charge on any atom is -0.379 e. The number of aromatic amines is 1. The van der Waals surface area contributed by atoms with Crippen molar-refractivity contribution in [2.24, 2.45) is 0 Å². The maximum absolute atomic E-state index is 10.9. The van der Waals surface area contributed by atoms with E-state index in [1.54, 1.807) is 0 Å². The predicted octanol–water partition coefficient (Wildman–Crippen LogP) is 1.39. The van der Waals surface area contributed by atoms with Crippen molar-refractivity contribution in [3.05, 3.63) is 22.7 Å². The van der Waals surface area contributed by atoms with Gasteiger partial charge in [-0.25, -0.2) is 4.98 Å². The Bertz CT molecular complexity index is 349. The van der Waals surface area contributed by atoms with Crippen LogP contribution in [0, 0.1) is 0 Å². The summed E-state index contributed by atoms with van der Waals surface area (Å²) in [7, 11) is 0. The second kappa shape index (κ2) is 7.00. The normalized spacial score (nSPS) is 10.7. The molecule has 16 heavy (non-hydrogen) atoms. The molecule has 0 unspecified atom stereocenters. The number of nitrogens with one attached hydrogen (secondary N) is 2. The Balaban J connectivity index is 2.09. The molecule has 1 aromatic heterocycles. The van der Waals surface area contributed by atoms with Crippen LogP contribution in [0.15, 0.2) is 17.2 Å². The number of aromatic nitrogens is 2. The molecule has 5 heteroatoms. The van der Waals surface area contributed by atoms with E-state index in [9.17, 15) is 4.79 Å². The van der Waals surface area contributed by atoms with Crippen LogP contribution in [0.4, 0.5) is 5.82 Å². The molecule has 0 bridgehead atoms. The van der Waals surface area contributed by atoms with Crippen LogP contribution < -0.4 is 10.9 Å². The maximum Gasteiger partial charge on any atom is 0.252 e. The molecule has 0 aliphatic carbocycles. The smallest absolute Gasteiger partial charge is 0.252 e. The van der Waals surface area contributed by atoms with Gasteiger partial charge < -0.3 is 15.0 Å². The van der Waals surface area contributed by atoms with Gasteiger partial charge in [-0.1, -0.05) is 0 Å². The minimum absolute atomic E-state index is 0.138. The summed E-state index contributed by atoms with van der Waals surface area (Å²) in [6.07, 6.45) is 3.70. The van der Waals surface area contributed by atoms with Gasteiger partial charge >= 0.3 is 0 Å². The fourth-order valence-corrected chi connectivity index (χ4v) is 1.23. The topological polar surface area (TPSA) is 67.0 Å². The first-order valence-corrected chi connectivity index (χ1v) is 5.58. The molecule has 0 amide bonds. The number of anilines is 1. The SMILES string of the molecule is CC(C)OCCCCNc1cc(=O)[nH]cn1. The Kier molecular flexibility index (Phi) is 5.56. The molecule has 5 nitrogen and oxygen atoms in total. The molecule has 0 aliphatic rings. The van der Waals surface area contributed by atoms with Crippen molar-refractivity contribution < 1.29 is 4.74 Å². The molecule has 0 aliphatic heterocycles. The molecule has 2 N–H and O–H groups in total. The van der Waals surface area contributed by atoms with Crippen LogP contribution in [0.1, 0.15) is 26.7 Å². The molecule has 0 aromatic carbocycles. The zero-order chi connectivity index (χ0) is 11.8. The zero-order valence-corrected chi connectivity index (χ0v) is 9.82. The van der Waals surface area contributed by atoms with Crippen LogP contribution in [-0.2, 0) is 4.74 Å². The zero-order valence-electron chi connectivity index (χ0n) is 9.82.